The summed E-state index contributed by atoms with van der Waals surface area (Å²) in [5.74, 6) is -0.324. The van der Waals surface area contributed by atoms with Gasteiger partial charge in [0.25, 0.3) is 0 Å². The van der Waals surface area contributed by atoms with Crippen molar-refractivity contribution in [2.24, 2.45) is 0 Å². The molecule has 52 heavy (non-hydrogen) atoms. The van der Waals surface area contributed by atoms with Crippen molar-refractivity contribution < 1.29 is 44.2 Å². The van der Waals surface area contributed by atoms with Crippen molar-refractivity contribution in [3.63, 3.8) is 0 Å². The minimum Gasteiger partial charge on any atom is -0.457 e. The third-order valence-electron chi connectivity index (χ3n) is 9.26. The predicted octanol–water partition coefficient (Wildman–Crippen LogP) is 8.58. The summed E-state index contributed by atoms with van der Waals surface area (Å²) in [4.78, 5) is 12.7. The molecule has 6 unspecified atom stereocenters. The first-order chi connectivity index (χ1) is 25.4. The van der Waals surface area contributed by atoms with E-state index in [1.54, 1.807) is 0 Å². The van der Waals surface area contributed by atoms with Gasteiger partial charge in [-0.1, -0.05) is 146 Å². The number of carbonyl (C=O) groups is 1. The first kappa shape index (κ1) is 48.2. The highest BCUT2D eigenvalue weighted by Gasteiger charge is 2.44. The largest absolute Gasteiger partial charge is 0.457 e. The Kier molecular flexibility index (Phi) is 32.3. The van der Waals surface area contributed by atoms with Crippen molar-refractivity contribution >= 4 is 5.97 Å². The Morgan fingerprint density at radius 3 is 1.77 bits per heavy atom. The van der Waals surface area contributed by atoms with Crippen LogP contribution in [-0.4, -0.2) is 89.6 Å². The Morgan fingerprint density at radius 2 is 1.17 bits per heavy atom. The molecule has 6 atom stereocenters. The maximum absolute atomic E-state index is 12.7. The molecule has 0 amide bonds. The number of hydrogen-bond acceptors (Lipinski definition) is 9. The van der Waals surface area contributed by atoms with Crippen molar-refractivity contribution in [1.29, 1.82) is 0 Å². The molecule has 1 aliphatic heterocycles. The monoisotopic (exact) mass is 737 g/mol. The average Bonchev–Trinajstić information content (AvgIpc) is 3.14. The summed E-state index contributed by atoms with van der Waals surface area (Å²) in [6.07, 6.45) is 34.2. The van der Waals surface area contributed by atoms with Gasteiger partial charge >= 0.3 is 5.97 Å². The van der Waals surface area contributed by atoms with Crippen LogP contribution in [0.2, 0.25) is 0 Å². The molecular formula is C43H76O9. The molecule has 1 fully saturated rings. The van der Waals surface area contributed by atoms with Gasteiger partial charge < -0.3 is 39.4 Å². The Hall–Kier alpha value is -1.85. The number of aliphatic hydroxyl groups is 4. The molecule has 4 N–H and O–H groups in total. The lowest BCUT2D eigenvalue weighted by atomic mass is 9.99. The number of carbonyl (C=O) groups excluding carboxylic acids is 1. The molecule has 1 saturated heterocycles. The van der Waals surface area contributed by atoms with Crippen LogP contribution in [0.1, 0.15) is 155 Å². The lowest BCUT2D eigenvalue weighted by Gasteiger charge is -2.39. The van der Waals surface area contributed by atoms with E-state index in [9.17, 15) is 25.2 Å². The van der Waals surface area contributed by atoms with E-state index in [-0.39, 0.29) is 19.2 Å². The van der Waals surface area contributed by atoms with Crippen LogP contribution in [-0.2, 0) is 23.7 Å². The molecule has 302 valence electrons. The van der Waals surface area contributed by atoms with Gasteiger partial charge in [0, 0.05) is 13.0 Å². The highest BCUT2D eigenvalue weighted by molar-refractivity contribution is 5.69. The first-order valence-electron chi connectivity index (χ1n) is 20.7. The number of esters is 1. The zero-order valence-corrected chi connectivity index (χ0v) is 32.8. The lowest BCUT2D eigenvalue weighted by Crippen LogP contribution is -2.59. The van der Waals surface area contributed by atoms with Crippen LogP contribution in [0.3, 0.4) is 0 Å². The molecule has 0 bridgehead atoms. The zero-order valence-electron chi connectivity index (χ0n) is 32.8. The van der Waals surface area contributed by atoms with Crippen molar-refractivity contribution in [2.75, 3.05) is 26.4 Å². The van der Waals surface area contributed by atoms with E-state index < -0.39 is 43.4 Å². The third kappa shape index (κ3) is 26.0. The van der Waals surface area contributed by atoms with Gasteiger partial charge in [-0.25, -0.2) is 0 Å². The summed E-state index contributed by atoms with van der Waals surface area (Å²) in [7, 11) is 0. The summed E-state index contributed by atoms with van der Waals surface area (Å²) in [6, 6.07) is 0. The number of allylic oxidation sites excluding steroid dienone is 8. The molecule has 1 rings (SSSR count). The Labute approximate surface area is 316 Å². The summed E-state index contributed by atoms with van der Waals surface area (Å²) in [5, 5.41) is 40.0. The van der Waals surface area contributed by atoms with Crippen LogP contribution in [0.5, 0.6) is 0 Å². The number of aliphatic hydroxyl groups excluding tert-OH is 4. The second kappa shape index (κ2) is 34.9. The maximum atomic E-state index is 12.7. The molecule has 9 heteroatoms. The van der Waals surface area contributed by atoms with Crippen LogP contribution in [0, 0.1) is 0 Å². The number of hydrogen-bond donors (Lipinski definition) is 4. The standard InChI is InChI=1S/C43H76O9/c1-3-5-7-9-11-13-15-16-17-18-19-20-21-23-25-27-29-31-33-49-35-37(36-50-43-42(48)41(47)40(46)38(34-44)52-43)51-39(45)32-30-28-26-24-22-14-12-10-8-6-4-2/h5,7,11,13,16-17,19-20,37-38,40-44,46-48H,3-4,6,8-10,12,14-15,18,21-36H2,1-2H3/b7-5-,13-11-,17-16-,20-19-. The number of ether oxygens (including phenoxy) is 4. The topological polar surface area (TPSA) is 135 Å². The molecule has 1 heterocycles. The van der Waals surface area contributed by atoms with Gasteiger partial charge in [0.1, 0.15) is 30.5 Å². The quantitative estimate of drug-likeness (QED) is 0.0291. The predicted molar refractivity (Wildman–Crippen MR) is 210 cm³/mol. The van der Waals surface area contributed by atoms with E-state index in [0.29, 0.717) is 13.0 Å². The smallest absolute Gasteiger partial charge is 0.306 e. The Balaban J connectivity index is 2.30. The summed E-state index contributed by atoms with van der Waals surface area (Å²) >= 11 is 0. The first-order valence-corrected chi connectivity index (χ1v) is 20.7. The summed E-state index contributed by atoms with van der Waals surface area (Å²) < 4.78 is 22.7. The second-order valence-corrected chi connectivity index (χ2v) is 14.1. The molecular weight excluding hydrogens is 660 g/mol. The van der Waals surface area contributed by atoms with E-state index in [1.165, 1.54) is 64.2 Å². The van der Waals surface area contributed by atoms with E-state index in [2.05, 4.69) is 62.5 Å². The van der Waals surface area contributed by atoms with Gasteiger partial charge in [0.2, 0.25) is 0 Å². The molecule has 1 aliphatic rings. The maximum Gasteiger partial charge on any atom is 0.306 e. The minimum atomic E-state index is -1.54. The SMILES string of the molecule is CC/C=C\C/C=C\C/C=C\C/C=C\CCCCCCCOCC(COC1OC(CO)C(O)C(O)C1O)OC(=O)CCCCCCCCCCCCC. The molecule has 0 aromatic carbocycles. The molecule has 0 saturated carbocycles. The van der Waals surface area contributed by atoms with Crippen LogP contribution >= 0.6 is 0 Å². The minimum absolute atomic E-state index is 0.121. The van der Waals surface area contributed by atoms with Crippen LogP contribution in [0.4, 0.5) is 0 Å². The van der Waals surface area contributed by atoms with Crippen LogP contribution < -0.4 is 0 Å². The van der Waals surface area contributed by atoms with Crippen molar-refractivity contribution in [3.8, 4) is 0 Å². The average molecular weight is 737 g/mol. The van der Waals surface area contributed by atoms with Gasteiger partial charge in [-0.3, -0.25) is 4.79 Å². The van der Waals surface area contributed by atoms with Gasteiger partial charge in [-0.15, -0.1) is 0 Å². The summed E-state index contributed by atoms with van der Waals surface area (Å²) in [5.41, 5.74) is 0. The van der Waals surface area contributed by atoms with Crippen molar-refractivity contribution in [2.45, 2.75) is 192 Å². The fraction of sp³-hybridized carbons (Fsp3) is 0.791. The number of unbranched alkanes of at least 4 members (excludes halogenated alkanes) is 15. The normalized spacial score (nSPS) is 21.7. The van der Waals surface area contributed by atoms with Gasteiger partial charge in [0.05, 0.1) is 19.8 Å². The highest BCUT2D eigenvalue weighted by atomic mass is 16.7. The van der Waals surface area contributed by atoms with Crippen LogP contribution in [0.25, 0.3) is 0 Å². The highest BCUT2D eigenvalue weighted by Crippen LogP contribution is 2.22. The lowest BCUT2D eigenvalue weighted by molar-refractivity contribution is -0.305. The third-order valence-corrected chi connectivity index (χ3v) is 9.26. The van der Waals surface area contributed by atoms with E-state index >= 15 is 0 Å². The van der Waals surface area contributed by atoms with E-state index in [1.807, 2.05) is 0 Å². The molecule has 0 spiro atoms. The Bertz CT molecular complexity index is 932. The second-order valence-electron chi connectivity index (χ2n) is 14.1. The van der Waals surface area contributed by atoms with Gasteiger partial charge in [-0.2, -0.15) is 0 Å². The number of rotatable bonds is 34. The van der Waals surface area contributed by atoms with Gasteiger partial charge in [-0.05, 0) is 51.4 Å². The summed E-state index contributed by atoms with van der Waals surface area (Å²) in [6.45, 7) is 4.38. The molecule has 0 aliphatic carbocycles. The van der Waals surface area contributed by atoms with Crippen molar-refractivity contribution in [3.05, 3.63) is 48.6 Å². The fourth-order valence-electron chi connectivity index (χ4n) is 6.01. The molecule has 0 aromatic rings. The molecule has 0 aromatic heterocycles. The zero-order chi connectivity index (χ0) is 37.9. The van der Waals surface area contributed by atoms with E-state index in [0.717, 1.165) is 70.6 Å². The molecule has 0 radical (unpaired) electrons. The molecule has 9 nitrogen and oxygen atoms in total. The van der Waals surface area contributed by atoms with Crippen molar-refractivity contribution in [1.82, 2.24) is 0 Å². The Morgan fingerprint density at radius 1 is 0.635 bits per heavy atom. The van der Waals surface area contributed by atoms with E-state index in [4.69, 9.17) is 18.9 Å². The van der Waals surface area contributed by atoms with Crippen LogP contribution in [0.15, 0.2) is 48.6 Å². The van der Waals surface area contributed by atoms with Gasteiger partial charge in [0.15, 0.2) is 6.29 Å². The fourth-order valence-corrected chi connectivity index (χ4v) is 6.01.